The van der Waals surface area contributed by atoms with E-state index in [1.165, 1.54) is 11.8 Å². The molecule has 216 valence electrons. The maximum absolute atomic E-state index is 12.8. The van der Waals surface area contributed by atoms with Gasteiger partial charge in [0, 0.05) is 50.6 Å². The number of nitrogens with zero attached hydrogens (tertiary/aromatic N) is 4. The van der Waals surface area contributed by atoms with Crippen LogP contribution in [-0.2, 0) is 18.6 Å². The Morgan fingerprint density at radius 2 is 1.69 bits per heavy atom. The third-order valence-electron chi connectivity index (χ3n) is 6.61. The van der Waals surface area contributed by atoms with Crippen LogP contribution in [0.5, 0.6) is 0 Å². The largest absolute Gasteiger partial charge is 0.343 e. The summed E-state index contributed by atoms with van der Waals surface area (Å²) in [4.78, 5) is 40.6. The summed E-state index contributed by atoms with van der Waals surface area (Å²) in [5.41, 5.74) is 0.498. The van der Waals surface area contributed by atoms with Crippen LogP contribution < -0.4 is 0 Å². The van der Waals surface area contributed by atoms with Gasteiger partial charge in [-0.05, 0) is 65.5 Å². The summed E-state index contributed by atoms with van der Waals surface area (Å²) in [6.45, 7) is 11.9. The Kier molecular flexibility index (Phi) is 14.6. The third-order valence-corrected chi connectivity index (χ3v) is 8.80. The lowest BCUT2D eigenvalue weighted by Gasteiger charge is -2.39. The standard InChI is InChI=1S/C29H45N4O5P/c1-23(2)33(24(3)4)39(37-22-12-18-30)38-27-16-20-31(21-17-27)28(35)15-10-7-11-19-32(25(5)34)29(36)26-13-8-6-9-14-26/h6,8-9,13-14,23-24,27H,7,10-12,15-17,19-22H2,1-5H3. The highest BCUT2D eigenvalue weighted by molar-refractivity contribution is 7.44. The molecule has 0 radical (unpaired) electrons. The van der Waals surface area contributed by atoms with Crippen LogP contribution in [0.1, 0.15) is 89.9 Å². The normalized spacial score (nSPS) is 15.0. The Bertz CT molecular complexity index is 937. The highest BCUT2D eigenvalue weighted by Crippen LogP contribution is 2.48. The number of hydrogen-bond donors (Lipinski definition) is 0. The molecule has 1 atom stereocenters. The summed E-state index contributed by atoms with van der Waals surface area (Å²) in [6, 6.07) is 11.4. The molecule has 3 amide bonds. The molecular formula is C29H45N4O5P. The van der Waals surface area contributed by atoms with Crippen LogP contribution in [0.2, 0.25) is 0 Å². The molecule has 1 saturated heterocycles. The summed E-state index contributed by atoms with van der Waals surface area (Å²) in [5.74, 6) is -0.418. The number of unbranched alkanes of at least 4 members (excludes halogenated alkanes) is 2. The molecule has 0 aromatic heterocycles. The highest BCUT2D eigenvalue weighted by Gasteiger charge is 2.32. The van der Waals surface area contributed by atoms with Crippen LogP contribution in [0, 0.1) is 11.3 Å². The first-order chi connectivity index (χ1) is 18.6. The number of nitriles is 1. The molecular weight excluding hydrogens is 515 g/mol. The molecule has 1 aromatic rings. The summed E-state index contributed by atoms with van der Waals surface area (Å²) in [6.07, 6.45) is 4.46. The van der Waals surface area contributed by atoms with Crippen molar-refractivity contribution in [2.24, 2.45) is 0 Å². The Balaban J connectivity index is 1.75. The molecule has 1 fully saturated rings. The zero-order valence-electron chi connectivity index (χ0n) is 24.2. The van der Waals surface area contributed by atoms with Gasteiger partial charge in [-0.2, -0.15) is 5.26 Å². The van der Waals surface area contributed by atoms with Gasteiger partial charge in [-0.25, -0.2) is 4.67 Å². The quantitative estimate of drug-likeness (QED) is 0.206. The van der Waals surface area contributed by atoms with Gasteiger partial charge in [0.2, 0.25) is 11.8 Å². The van der Waals surface area contributed by atoms with Crippen molar-refractivity contribution in [1.29, 1.82) is 5.26 Å². The monoisotopic (exact) mass is 560 g/mol. The fraction of sp³-hybridized carbons (Fsp3) is 0.655. The first kappa shape index (κ1) is 32.8. The molecule has 1 aliphatic heterocycles. The van der Waals surface area contributed by atoms with E-state index in [0.717, 1.165) is 25.7 Å². The average Bonchev–Trinajstić information content (AvgIpc) is 2.90. The molecule has 1 heterocycles. The Morgan fingerprint density at radius 1 is 1.05 bits per heavy atom. The highest BCUT2D eigenvalue weighted by atomic mass is 31.2. The van der Waals surface area contributed by atoms with Gasteiger partial charge in [0.1, 0.15) is 0 Å². The van der Waals surface area contributed by atoms with E-state index in [9.17, 15) is 14.4 Å². The molecule has 1 aliphatic rings. The molecule has 2 rings (SSSR count). The molecule has 0 spiro atoms. The predicted octanol–water partition coefficient (Wildman–Crippen LogP) is 5.52. The van der Waals surface area contributed by atoms with Crippen molar-refractivity contribution in [1.82, 2.24) is 14.5 Å². The first-order valence-corrected chi connectivity index (χ1v) is 15.2. The summed E-state index contributed by atoms with van der Waals surface area (Å²) < 4.78 is 14.7. The average molecular weight is 561 g/mol. The molecule has 1 aromatic carbocycles. The number of likely N-dealkylation sites (tertiary alicyclic amines) is 1. The van der Waals surface area contributed by atoms with Crippen LogP contribution in [0.25, 0.3) is 0 Å². The summed E-state index contributed by atoms with van der Waals surface area (Å²) in [5, 5.41) is 8.90. The second-order valence-corrected chi connectivity index (χ2v) is 11.8. The number of rotatable bonds is 15. The Hall–Kier alpha value is -2.37. The van der Waals surface area contributed by atoms with Crippen molar-refractivity contribution in [2.75, 3.05) is 26.2 Å². The van der Waals surface area contributed by atoms with Crippen molar-refractivity contribution >= 4 is 26.2 Å². The molecule has 10 heteroatoms. The van der Waals surface area contributed by atoms with Gasteiger partial charge in [0.25, 0.3) is 14.4 Å². The van der Waals surface area contributed by atoms with Crippen molar-refractivity contribution in [3.05, 3.63) is 35.9 Å². The fourth-order valence-corrected chi connectivity index (χ4v) is 6.42. The van der Waals surface area contributed by atoms with Crippen molar-refractivity contribution in [3.63, 3.8) is 0 Å². The number of benzene rings is 1. The van der Waals surface area contributed by atoms with Gasteiger partial charge < -0.3 is 13.9 Å². The van der Waals surface area contributed by atoms with E-state index in [4.69, 9.17) is 14.3 Å². The van der Waals surface area contributed by atoms with Crippen molar-refractivity contribution in [3.8, 4) is 6.07 Å². The van der Waals surface area contributed by atoms with Crippen LogP contribution in [0.4, 0.5) is 0 Å². The minimum absolute atomic E-state index is 0.0157. The molecule has 0 saturated carbocycles. The minimum Gasteiger partial charge on any atom is -0.343 e. The Labute approximate surface area is 235 Å². The third kappa shape index (κ3) is 11.0. The number of carbonyl (C=O) groups excluding carboxylic acids is 3. The fourth-order valence-electron chi connectivity index (χ4n) is 4.65. The van der Waals surface area contributed by atoms with Crippen LogP contribution in [0.15, 0.2) is 30.3 Å². The van der Waals surface area contributed by atoms with Crippen molar-refractivity contribution < 1.29 is 23.4 Å². The topological polar surface area (TPSA) is 103 Å². The second-order valence-electron chi connectivity index (χ2n) is 10.4. The van der Waals surface area contributed by atoms with E-state index in [2.05, 4.69) is 38.4 Å². The zero-order chi connectivity index (χ0) is 28.8. The summed E-state index contributed by atoms with van der Waals surface area (Å²) in [7, 11) is -1.28. The lowest BCUT2D eigenvalue weighted by molar-refractivity contribution is -0.133. The van der Waals surface area contributed by atoms with E-state index in [1.807, 2.05) is 11.0 Å². The number of carbonyl (C=O) groups is 3. The van der Waals surface area contributed by atoms with E-state index < -0.39 is 8.53 Å². The first-order valence-electron chi connectivity index (χ1n) is 14.1. The van der Waals surface area contributed by atoms with Crippen LogP contribution in [0.3, 0.4) is 0 Å². The van der Waals surface area contributed by atoms with Crippen LogP contribution >= 0.6 is 8.53 Å². The van der Waals surface area contributed by atoms with Crippen molar-refractivity contribution in [2.45, 2.75) is 97.8 Å². The van der Waals surface area contributed by atoms with Gasteiger partial charge in [-0.1, -0.05) is 24.6 Å². The van der Waals surface area contributed by atoms with Gasteiger partial charge in [-0.15, -0.1) is 0 Å². The van der Waals surface area contributed by atoms with E-state index in [1.54, 1.807) is 24.3 Å². The van der Waals surface area contributed by atoms with Gasteiger partial charge >= 0.3 is 0 Å². The predicted molar refractivity (Wildman–Crippen MR) is 153 cm³/mol. The smallest absolute Gasteiger partial charge is 0.260 e. The second kappa shape index (κ2) is 17.3. The van der Waals surface area contributed by atoms with E-state index in [-0.39, 0.29) is 35.9 Å². The van der Waals surface area contributed by atoms with E-state index >= 15 is 0 Å². The molecule has 1 unspecified atom stereocenters. The summed E-state index contributed by atoms with van der Waals surface area (Å²) >= 11 is 0. The van der Waals surface area contributed by atoms with E-state index in [0.29, 0.717) is 51.1 Å². The van der Waals surface area contributed by atoms with Gasteiger partial charge in [0.05, 0.1) is 25.2 Å². The van der Waals surface area contributed by atoms with Crippen LogP contribution in [-0.4, -0.2) is 76.6 Å². The lowest BCUT2D eigenvalue weighted by Crippen LogP contribution is -2.41. The molecule has 0 bridgehead atoms. The maximum atomic E-state index is 12.8. The number of amides is 3. The van der Waals surface area contributed by atoms with Gasteiger partial charge in [-0.3, -0.25) is 19.3 Å². The Morgan fingerprint density at radius 3 is 2.26 bits per heavy atom. The SMILES string of the molecule is CC(=O)N(CCCCCC(=O)N1CCC(OP(OCCC#N)N(C(C)C)C(C)C)CC1)C(=O)c1ccccc1. The number of hydrogen-bond acceptors (Lipinski definition) is 7. The zero-order valence-corrected chi connectivity index (χ0v) is 25.1. The minimum atomic E-state index is -1.28. The lowest BCUT2D eigenvalue weighted by atomic mass is 10.1. The molecule has 0 N–H and O–H groups in total. The molecule has 9 nitrogen and oxygen atoms in total. The number of piperidine rings is 1. The van der Waals surface area contributed by atoms with Gasteiger partial charge in [0.15, 0.2) is 0 Å². The number of imide groups is 1. The molecule has 39 heavy (non-hydrogen) atoms. The maximum Gasteiger partial charge on any atom is 0.260 e. The molecule has 0 aliphatic carbocycles.